The van der Waals surface area contributed by atoms with Crippen LogP contribution in [0.2, 0.25) is 5.28 Å². The van der Waals surface area contributed by atoms with Gasteiger partial charge in [-0.05, 0) is 44.0 Å². The number of hydrogen-bond acceptors (Lipinski definition) is 4. The molecule has 9 heteroatoms. The minimum absolute atomic E-state index is 0.0285. The first kappa shape index (κ1) is 19.2. The Hall–Kier alpha value is -1.15. The Morgan fingerprint density at radius 2 is 2.00 bits per heavy atom. The van der Waals surface area contributed by atoms with Gasteiger partial charge in [-0.25, -0.2) is 9.37 Å². The predicted octanol–water partition coefficient (Wildman–Crippen LogP) is 4.17. The van der Waals surface area contributed by atoms with E-state index in [1.165, 1.54) is 0 Å². The lowest BCUT2D eigenvalue weighted by atomic mass is 9.76. The predicted molar refractivity (Wildman–Crippen MR) is 84.5 cm³/mol. The Bertz CT molecular complexity index is 547. The minimum atomic E-state index is -4.37. The Morgan fingerprint density at radius 3 is 2.58 bits per heavy atom. The van der Waals surface area contributed by atoms with Crippen molar-refractivity contribution in [1.29, 1.82) is 0 Å². The SMILES string of the molecule is CCNCCC(Nc1nc(Cl)ncc1F)C1(C(F)(F)F)CCCC1. The molecule has 1 aliphatic carbocycles. The van der Waals surface area contributed by atoms with E-state index in [-0.39, 0.29) is 30.4 Å². The van der Waals surface area contributed by atoms with Crippen LogP contribution in [0, 0.1) is 11.2 Å². The van der Waals surface area contributed by atoms with Crippen LogP contribution in [0.3, 0.4) is 0 Å². The van der Waals surface area contributed by atoms with Crippen LogP contribution in [0.4, 0.5) is 23.4 Å². The number of nitrogens with zero attached hydrogens (tertiary/aromatic N) is 2. The summed E-state index contributed by atoms with van der Waals surface area (Å²) >= 11 is 5.65. The molecule has 2 N–H and O–H groups in total. The number of aromatic nitrogens is 2. The van der Waals surface area contributed by atoms with Gasteiger partial charge in [0.05, 0.1) is 11.6 Å². The highest BCUT2D eigenvalue weighted by Crippen LogP contribution is 2.54. The van der Waals surface area contributed by atoms with Crippen LogP contribution in [0.25, 0.3) is 0 Å². The molecule has 1 saturated carbocycles. The molecule has 1 atom stereocenters. The van der Waals surface area contributed by atoms with Gasteiger partial charge in [0.15, 0.2) is 11.6 Å². The third-order valence-corrected chi connectivity index (χ3v) is 4.79. The van der Waals surface area contributed by atoms with Crippen molar-refractivity contribution in [2.75, 3.05) is 18.4 Å². The van der Waals surface area contributed by atoms with E-state index in [1.807, 2.05) is 6.92 Å². The molecule has 0 radical (unpaired) electrons. The molecule has 1 aromatic heterocycles. The Labute approximate surface area is 143 Å². The van der Waals surface area contributed by atoms with E-state index >= 15 is 0 Å². The average Bonchev–Trinajstić information content (AvgIpc) is 3.00. The minimum Gasteiger partial charge on any atom is -0.364 e. The highest BCUT2D eigenvalue weighted by molar-refractivity contribution is 6.28. The van der Waals surface area contributed by atoms with E-state index in [0.29, 0.717) is 25.9 Å². The third kappa shape index (κ3) is 4.08. The van der Waals surface area contributed by atoms with E-state index in [0.717, 1.165) is 6.20 Å². The second-order valence-electron chi connectivity index (χ2n) is 6.04. The lowest BCUT2D eigenvalue weighted by molar-refractivity contribution is -0.228. The van der Waals surface area contributed by atoms with Crippen molar-refractivity contribution in [3.05, 3.63) is 17.3 Å². The zero-order chi connectivity index (χ0) is 17.8. The van der Waals surface area contributed by atoms with Gasteiger partial charge < -0.3 is 10.6 Å². The van der Waals surface area contributed by atoms with Gasteiger partial charge in [0.25, 0.3) is 0 Å². The molecule has 0 amide bonds. The normalized spacial score (nSPS) is 18.6. The van der Waals surface area contributed by atoms with Gasteiger partial charge in [0.1, 0.15) is 0 Å². The summed E-state index contributed by atoms with van der Waals surface area (Å²) in [5.41, 5.74) is -1.88. The Balaban J connectivity index is 2.31. The summed E-state index contributed by atoms with van der Waals surface area (Å²) in [4.78, 5) is 7.20. The second-order valence-corrected chi connectivity index (χ2v) is 6.37. The van der Waals surface area contributed by atoms with Gasteiger partial charge in [0.2, 0.25) is 5.28 Å². The molecule has 1 heterocycles. The highest BCUT2D eigenvalue weighted by atomic mass is 35.5. The second kappa shape index (κ2) is 7.82. The molecule has 0 aliphatic heterocycles. The van der Waals surface area contributed by atoms with Crippen molar-refractivity contribution in [3.63, 3.8) is 0 Å². The number of anilines is 1. The van der Waals surface area contributed by atoms with Crippen LogP contribution in [-0.4, -0.2) is 35.3 Å². The smallest absolute Gasteiger partial charge is 0.364 e. The van der Waals surface area contributed by atoms with Gasteiger partial charge in [-0.2, -0.15) is 18.2 Å². The molecule has 0 bridgehead atoms. The average molecular weight is 369 g/mol. The van der Waals surface area contributed by atoms with E-state index in [9.17, 15) is 17.6 Å². The summed E-state index contributed by atoms with van der Waals surface area (Å²) < 4.78 is 55.4. The van der Waals surface area contributed by atoms with Crippen molar-refractivity contribution >= 4 is 17.4 Å². The number of halogens is 5. The van der Waals surface area contributed by atoms with Gasteiger partial charge in [-0.1, -0.05) is 19.8 Å². The number of alkyl halides is 3. The molecule has 0 saturated heterocycles. The molecular weight excluding hydrogens is 348 g/mol. The van der Waals surface area contributed by atoms with Gasteiger partial charge in [-0.15, -0.1) is 0 Å². The molecular formula is C15H21ClF4N4. The van der Waals surface area contributed by atoms with Crippen LogP contribution >= 0.6 is 11.6 Å². The number of nitrogens with one attached hydrogen (secondary N) is 2. The van der Waals surface area contributed by atoms with Gasteiger partial charge in [0, 0.05) is 6.04 Å². The quantitative estimate of drug-likeness (QED) is 0.431. The van der Waals surface area contributed by atoms with E-state index in [4.69, 9.17) is 11.6 Å². The first-order valence-electron chi connectivity index (χ1n) is 8.02. The van der Waals surface area contributed by atoms with Crippen molar-refractivity contribution in [1.82, 2.24) is 15.3 Å². The zero-order valence-corrected chi connectivity index (χ0v) is 14.1. The third-order valence-electron chi connectivity index (χ3n) is 4.61. The molecule has 4 nitrogen and oxygen atoms in total. The standard InChI is InChI=1S/C15H21ClF4N4/c1-2-21-8-5-11(14(15(18,19)20)6-3-4-7-14)23-12-10(17)9-22-13(16)24-12/h9,11,21H,2-8H2,1H3,(H,22,23,24). The van der Waals surface area contributed by atoms with Crippen molar-refractivity contribution in [2.24, 2.45) is 5.41 Å². The van der Waals surface area contributed by atoms with Crippen molar-refractivity contribution in [3.8, 4) is 0 Å². The maximum atomic E-state index is 13.9. The summed E-state index contributed by atoms with van der Waals surface area (Å²) in [6.07, 6.45) is -2.25. The summed E-state index contributed by atoms with van der Waals surface area (Å²) in [7, 11) is 0. The van der Waals surface area contributed by atoms with Crippen LogP contribution in [0.5, 0.6) is 0 Å². The molecule has 0 aromatic carbocycles. The molecule has 2 rings (SSSR count). The fraction of sp³-hybridized carbons (Fsp3) is 0.733. The summed E-state index contributed by atoms with van der Waals surface area (Å²) in [6, 6.07) is -0.987. The summed E-state index contributed by atoms with van der Waals surface area (Å²) in [5, 5.41) is 5.48. The molecule has 0 spiro atoms. The van der Waals surface area contributed by atoms with Crippen LogP contribution < -0.4 is 10.6 Å². The fourth-order valence-corrected chi connectivity index (χ4v) is 3.49. The van der Waals surface area contributed by atoms with Crippen LogP contribution in [0.1, 0.15) is 39.0 Å². The van der Waals surface area contributed by atoms with Crippen LogP contribution in [0.15, 0.2) is 6.20 Å². The first-order chi connectivity index (χ1) is 11.3. The molecule has 1 unspecified atom stereocenters. The fourth-order valence-electron chi connectivity index (χ4n) is 3.36. The van der Waals surface area contributed by atoms with Gasteiger partial charge >= 0.3 is 6.18 Å². The largest absolute Gasteiger partial charge is 0.396 e. The van der Waals surface area contributed by atoms with Crippen molar-refractivity contribution < 1.29 is 17.6 Å². The Kier molecular flexibility index (Phi) is 6.25. The summed E-state index contributed by atoms with van der Waals surface area (Å²) in [6.45, 7) is 2.92. The topological polar surface area (TPSA) is 49.8 Å². The molecule has 1 fully saturated rings. The van der Waals surface area contributed by atoms with E-state index in [1.54, 1.807) is 0 Å². The van der Waals surface area contributed by atoms with Crippen molar-refractivity contribution in [2.45, 2.75) is 51.2 Å². The maximum Gasteiger partial charge on any atom is 0.396 e. The molecule has 24 heavy (non-hydrogen) atoms. The van der Waals surface area contributed by atoms with Crippen LogP contribution in [-0.2, 0) is 0 Å². The number of rotatable bonds is 7. The monoisotopic (exact) mass is 368 g/mol. The first-order valence-corrected chi connectivity index (χ1v) is 8.40. The van der Waals surface area contributed by atoms with E-state index in [2.05, 4.69) is 20.6 Å². The lowest BCUT2D eigenvalue weighted by Crippen LogP contribution is -2.50. The van der Waals surface area contributed by atoms with E-state index < -0.39 is 23.5 Å². The molecule has 1 aliphatic rings. The maximum absolute atomic E-state index is 13.9. The Morgan fingerprint density at radius 1 is 1.33 bits per heavy atom. The molecule has 136 valence electrons. The number of hydrogen-bond donors (Lipinski definition) is 2. The zero-order valence-electron chi connectivity index (χ0n) is 13.4. The van der Waals surface area contributed by atoms with Gasteiger partial charge in [-0.3, -0.25) is 0 Å². The summed E-state index contributed by atoms with van der Waals surface area (Å²) in [5.74, 6) is -1.10. The lowest BCUT2D eigenvalue weighted by Gasteiger charge is -2.40. The molecule has 1 aromatic rings. The highest BCUT2D eigenvalue weighted by Gasteiger charge is 2.60.